The van der Waals surface area contributed by atoms with E-state index in [9.17, 15) is 9.59 Å². The van der Waals surface area contributed by atoms with E-state index in [2.05, 4.69) is 5.32 Å². The first-order valence-corrected chi connectivity index (χ1v) is 9.50. The van der Waals surface area contributed by atoms with Crippen molar-refractivity contribution >= 4 is 17.9 Å². The van der Waals surface area contributed by atoms with Gasteiger partial charge in [0, 0.05) is 5.92 Å². The van der Waals surface area contributed by atoms with Gasteiger partial charge < -0.3 is 26.3 Å². The van der Waals surface area contributed by atoms with Gasteiger partial charge in [0.2, 0.25) is 5.54 Å². The van der Waals surface area contributed by atoms with E-state index in [0.29, 0.717) is 25.3 Å². The summed E-state index contributed by atoms with van der Waals surface area (Å²) in [5.41, 5.74) is 7.88. The first-order valence-electron chi connectivity index (χ1n) is 9.50. The van der Waals surface area contributed by atoms with Gasteiger partial charge >= 0.3 is 11.9 Å². The predicted octanol–water partition coefficient (Wildman–Crippen LogP) is 1.66. The third-order valence-corrected chi connectivity index (χ3v) is 4.57. The van der Waals surface area contributed by atoms with Gasteiger partial charge in [0.1, 0.15) is 11.2 Å². The van der Waals surface area contributed by atoms with Crippen molar-refractivity contribution in [1.82, 2.24) is 5.32 Å². The molecule has 8 nitrogen and oxygen atoms in total. The smallest absolute Gasteiger partial charge is 0.344 e. The summed E-state index contributed by atoms with van der Waals surface area (Å²) in [7, 11) is 0. The Balaban J connectivity index is 3.37. The van der Waals surface area contributed by atoms with Gasteiger partial charge in [-0.15, -0.1) is 0 Å². The van der Waals surface area contributed by atoms with E-state index in [1.54, 1.807) is 41.5 Å². The van der Waals surface area contributed by atoms with E-state index in [4.69, 9.17) is 26.4 Å². The molecule has 0 radical (unpaired) electrons. The second-order valence-electron chi connectivity index (χ2n) is 9.30. The van der Waals surface area contributed by atoms with E-state index < -0.39 is 40.6 Å². The van der Waals surface area contributed by atoms with Gasteiger partial charge in [-0.25, -0.2) is 9.59 Å². The Morgan fingerprint density at radius 1 is 0.963 bits per heavy atom. The molecule has 156 valence electrons. The number of esters is 2. The van der Waals surface area contributed by atoms with Crippen molar-refractivity contribution in [2.45, 2.75) is 84.0 Å². The van der Waals surface area contributed by atoms with Gasteiger partial charge in [0.25, 0.3) is 0 Å². The molecule has 1 aliphatic carbocycles. The van der Waals surface area contributed by atoms with Crippen molar-refractivity contribution in [3.63, 3.8) is 0 Å². The fourth-order valence-corrected chi connectivity index (χ4v) is 3.38. The number of carbonyl (C=O) groups is 2. The molecule has 0 aromatic carbocycles. The maximum atomic E-state index is 13.2. The second kappa shape index (κ2) is 8.46. The van der Waals surface area contributed by atoms with Crippen molar-refractivity contribution in [1.29, 1.82) is 5.41 Å². The summed E-state index contributed by atoms with van der Waals surface area (Å²) in [6.45, 7) is 10.9. The summed E-state index contributed by atoms with van der Waals surface area (Å²) in [6, 6.07) is 0. The Bertz CT molecular complexity index is 527. The molecule has 27 heavy (non-hydrogen) atoms. The third-order valence-electron chi connectivity index (χ3n) is 4.57. The quantitative estimate of drug-likeness (QED) is 0.244. The second-order valence-corrected chi connectivity index (χ2v) is 9.30. The highest BCUT2D eigenvalue weighted by atomic mass is 16.6. The van der Waals surface area contributed by atoms with E-state index >= 15 is 0 Å². The van der Waals surface area contributed by atoms with Gasteiger partial charge in [-0.05, 0) is 79.7 Å². The molecule has 0 bridgehead atoms. The van der Waals surface area contributed by atoms with Gasteiger partial charge in [0.05, 0.1) is 0 Å². The minimum absolute atomic E-state index is 0.355. The first kappa shape index (κ1) is 23.2. The lowest BCUT2D eigenvalue weighted by Crippen LogP contribution is -2.68. The van der Waals surface area contributed by atoms with Crippen molar-refractivity contribution in [2.24, 2.45) is 23.3 Å². The molecule has 0 heterocycles. The van der Waals surface area contributed by atoms with Crippen LogP contribution in [0.15, 0.2) is 0 Å². The predicted molar refractivity (Wildman–Crippen MR) is 104 cm³/mol. The van der Waals surface area contributed by atoms with Crippen LogP contribution in [-0.2, 0) is 19.1 Å². The van der Waals surface area contributed by atoms with E-state index in [1.807, 2.05) is 0 Å². The number of rotatable bonds is 5. The zero-order chi connectivity index (χ0) is 21.0. The average molecular weight is 385 g/mol. The highest BCUT2D eigenvalue weighted by Crippen LogP contribution is 2.38. The number of nitrogens with two attached hydrogens (primary N) is 2. The highest BCUT2D eigenvalue weighted by molar-refractivity contribution is 6.08. The third kappa shape index (κ3) is 6.37. The van der Waals surface area contributed by atoms with Crippen molar-refractivity contribution in [2.75, 3.05) is 6.54 Å². The molecule has 0 spiro atoms. The topological polar surface area (TPSA) is 141 Å². The molecule has 1 fully saturated rings. The van der Waals surface area contributed by atoms with Gasteiger partial charge in [-0.2, -0.15) is 0 Å². The molecule has 8 heteroatoms. The SMILES string of the molecule is CC(C)(C)OC(=O)C(NC(=N)N)(C(=O)OC(C)(C)C)C1CCC(CN)CC1. The van der Waals surface area contributed by atoms with Crippen LogP contribution in [0, 0.1) is 17.2 Å². The monoisotopic (exact) mass is 384 g/mol. The van der Waals surface area contributed by atoms with Crippen LogP contribution < -0.4 is 16.8 Å². The molecule has 1 saturated carbocycles. The summed E-state index contributed by atoms with van der Waals surface area (Å²) in [6.07, 6.45) is 2.74. The zero-order valence-electron chi connectivity index (χ0n) is 17.5. The molecule has 1 rings (SSSR count). The largest absolute Gasteiger partial charge is 0.458 e. The van der Waals surface area contributed by atoms with Gasteiger partial charge in [0.15, 0.2) is 5.96 Å². The number of carbonyl (C=O) groups excluding carboxylic acids is 2. The fourth-order valence-electron chi connectivity index (χ4n) is 3.38. The van der Waals surface area contributed by atoms with Crippen LogP contribution in [-0.4, -0.2) is 41.2 Å². The Morgan fingerprint density at radius 2 is 1.37 bits per heavy atom. The standard InChI is InChI=1S/C19H36N4O4/c1-17(2,3)26-14(24)19(23-16(21)22,15(25)27-18(4,5)6)13-9-7-12(11-20)8-10-13/h12-13H,7-11,20H2,1-6H3,(H4,21,22,23). The summed E-state index contributed by atoms with van der Waals surface area (Å²) in [4.78, 5) is 26.5. The molecule has 0 aromatic heterocycles. The maximum Gasteiger partial charge on any atom is 0.344 e. The molecule has 0 atom stereocenters. The maximum absolute atomic E-state index is 13.2. The number of ether oxygens (including phenoxy) is 2. The van der Waals surface area contributed by atoms with E-state index in [-0.39, 0.29) is 0 Å². The highest BCUT2D eigenvalue weighted by Gasteiger charge is 2.57. The molecule has 0 aliphatic heterocycles. The Kier molecular flexibility index (Phi) is 7.27. The summed E-state index contributed by atoms with van der Waals surface area (Å²) in [5, 5.41) is 10.3. The number of hydrogen-bond donors (Lipinski definition) is 4. The number of guanidine groups is 1. The van der Waals surface area contributed by atoms with E-state index in [1.165, 1.54) is 0 Å². The number of nitrogens with one attached hydrogen (secondary N) is 2. The van der Waals surface area contributed by atoms with Crippen LogP contribution >= 0.6 is 0 Å². The Morgan fingerprint density at radius 3 is 1.67 bits per heavy atom. The molecule has 0 amide bonds. The van der Waals surface area contributed by atoms with E-state index in [0.717, 1.165) is 12.8 Å². The van der Waals surface area contributed by atoms with Crippen LogP contribution in [0.1, 0.15) is 67.2 Å². The zero-order valence-corrected chi connectivity index (χ0v) is 17.5. The summed E-state index contributed by atoms with van der Waals surface area (Å²) < 4.78 is 11.1. The molecule has 6 N–H and O–H groups in total. The molecule has 0 aromatic rings. The molecule has 1 aliphatic rings. The van der Waals surface area contributed by atoms with Gasteiger partial charge in [-0.1, -0.05) is 0 Å². The van der Waals surface area contributed by atoms with Crippen LogP contribution in [0.25, 0.3) is 0 Å². The van der Waals surface area contributed by atoms with Crippen LogP contribution in [0.2, 0.25) is 0 Å². The average Bonchev–Trinajstić information content (AvgIpc) is 2.49. The fraction of sp³-hybridized carbons (Fsp3) is 0.842. The molecular formula is C19H36N4O4. The van der Waals surface area contributed by atoms with Gasteiger partial charge in [-0.3, -0.25) is 5.41 Å². The molecule has 0 saturated heterocycles. The first-order chi connectivity index (χ1) is 12.2. The van der Waals surface area contributed by atoms with Crippen molar-refractivity contribution in [3.05, 3.63) is 0 Å². The Hall–Kier alpha value is -1.83. The minimum atomic E-state index is -1.86. The molecule has 0 unspecified atom stereocenters. The summed E-state index contributed by atoms with van der Waals surface area (Å²) in [5.74, 6) is -2.07. The lowest BCUT2D eigenvalue weighted by Gasteiger charge is -2.42. The Labute approximate surface area is 162 Å². The van der Waals surface area contributed by atoms with Crippen molar-refractivity contribution in [3.8, 4) is 0 Å². The minimum Gasteiger partial charge on any atom is -0.458 e. The normalized spacial score (nSPS) is 21.3. The number of hydrogen-bond acceptors (Lipinski definition) is 6. The lowest BCUT2D eigenvalue weighted by molar-refractivity contribution is -0.183. The molecular weight excluding hydrogens is 348 g/mol. The lowest BCUT2D eigenvalue weighted by atomic mass is 9.71. The van der Waals surface area contributed by atoms with Crippen LogP contribution in [0.5, 0.6) is 0 Å². The summed E-state index contributed by atoms with van der Waals surface area (Å²) >= 11 is 0. The van der Waals surface area contributed by atoms with Crippen LogP contribution in [0.3, 0.4) is 0 Å². The van der Waals surface area contributed by atoms with Crippen molar-refractivity contribution < 1.29 is 19.1 Å². The van der Waals surface area contributed by atoms with Crippen LogP contribution in [0.4, 0.5) is 0 Å².